The highest BCUT2D eigenvalue weighted by molar-refractivity contribution is 6.00. The van der Waals surface area contributed by atoms with E-state index in [9.17, 15) is 9.59 Å². The van der Waals surface area contributed by atoms with E-state index in [-0.39, 0.29) is 11.7 Å². The van der Waals surface area contributed by atoms with Crippen molar-refractivity contribution in [1.82, 2.24) is 4.90 Å². The van der Waals surface area contributed by atoms with Crippen LogP contribution < -0.4 is 14.2 Å². The van der Waals surface area contributed by atoms with Gasteiger partial charge in [-0.1, -0.05) is 0 Å². The van der Waals surface area contributed by atoms with Gasteiger partial charge in [0.2, 0.25) is 5.91 Å². The second-order valence-electron chi connectivity index (χ2n) is 8.58. The van der Waals surface area contributed by atoms with Crippen LogP contribution in [-0.2, 0) is 4.79 Å². The van der Waals surface area contributed by atoms with Crippen molar-refractivity contribution < 1.29 is 23.8 Å². The van der Waals surface area contributed by atoms with Crippen LogP contribution in [-0.4, -0.2) is 49.5 Å². The molecule has 0 saturated carbocycles. The molecule has 0 atom stereocenters. The Morgan fingerprint density at radius 3 is 2.47 bits per heavy atom. The molecule has 0 aliphatic carbocycles. The number of benzene rings is 2. The Morgan fingerprint density at radius 2 is 1.78 bits per heavy atom. The second-order valence-corrected chi connectivity index (χ2v) is 8.58. The van der Waals surface area contributed by atoms with Gasteiger partial charge in [-0.2, -0.15) is 0 Å². The van der Waals surface area contributed by atoms with Crippen molar-refractivity contribution in [3.8, 4) is 17.2 Å². The normalized spacial score (nSPS) is 17.2. The van der Waals surface area contributed by atoms with E-state index < -0.39 is 5.60 Å². The number of ketones is 1. The molecule has 6 heteroatoms. The minimum absolute atomic E-state index is 0.0632. The number of amides is 1. The average Bonchev–Trinajstić information content (AvgIpc) is 2.79. The number of hydrogen-bond acceptors (Lipinski definition) is 5. The lowest BCUT2D eigenvalue weighted by Crippen LogP contribution is -2.52. The van der Waals surface area contributed by atoms with Crippen LogP contribution in [0.4, 0.5) is 0 Å². The zero-order valence-electron chi connectivity index (χ0n) is 19.1. The van der Waals surface area contributed by atoms with E-state index in [0.717, 1.165) is 16.7 Å². The molecule has 1 saturated heterocycles. The summed E-state index contributed by atoms with van der Waals surface area (Å²) < 4.78 is 17.0. The molecule has 2 aliphatic rings. The molecule has 0 unspecified atom stereocenters. The van der Waals surface area contributed by atoms with Crippen LogP contribution in [0.5, 0.6) is 17.2 Å². The molecule has 2 aliphatic heterocycles. The van der Waals surface area contributed by atoms with Crippen molar-refractivity contribution in [2.45, 2.75) is 38.7 Å². The molecule has 0 aromatic heterocycles. The van der Waals surface area contributed by atoms with Crippen LogP contribution in [0.1, 0.15) is 46.3 Å². The van der Waals surface area contributed by atoms with Crippen molar-refractivity contribution in [2.24, 2.45) is 0 Å². The number of ether oxygens (including phenoxy) is 3. The fourth-order valence-electron chi connectivity index (χ4n) is 4.39. The lowest BCUT2D eigenvalue weighted by molar-refractivity contribution is -0.129. The first kappa shape index (κ1) is 21.9. The number of likely N-dealkylation sites (tertiary alicyclic amines) is 1. The molecule has 6 nitrogen and oxygen atoms in total. The molecule has 1 amide bonds. The number of rotatable bonds is 4. The van der Waals surface area contributed by atoms with Gasteiger partial charge in [-0.15, -0.1) is 0 Å². The van der Waals surface area contributed by atoms with E-state index in [1.807, 2.05) is 43.0 Å². The molecule has 32 heavy (non-hydrogen) atoms. The summed E-state index contributed by atoms with van der Waals surface area (Å²) in [5.74, 6) is 2.08. The zero-order chi connectivity index (χ0) is 22.9. The van der Waals surface area contributed by atoms with Crippen LogP contribution in [0, 0.1) is 13.8 Å². The van der Waals surface area contributed by atoms with Crippen molar-refractivity contribution >= 4 is 17.8 Å². The Bertz CT molecular complexity index is 1080. The third kappa shape index (κ3) is 4.22. The van der Waals surface area contributed by atoms with Crippen molar-refractivity contribution in [3.05, 3.63) is 58.7 Å². The maximum atomic E-state index is 12.8. The summed E-state index contributed by atoms with van der Waals surface area (Å²) in [6, 6.07) is 9.36. The summed E-state index contributed by atoms with van der Waals surface area (Å²) in [4.78, 5) is 27.4. The van der Waals surface area contributed by atoms with Gasteiger partial charge in [0.1, 0.15) is 22.8 Å². The summed E-state index contributed by atoms with van der Waals surface area (Å²) in [6.07, 6.45) is 4.96. The number of fused-ring (bicyclic) bond motifs is 1. The third-order valence-electron chi connectivity index (χ3n) is 6.54. The highest BCUT2D eigenvalue weighted by atomic mass is 16.5. The fraction of sp³-hybridized carbons (Fsp3) is 0.385. The monoisotopic (exact) mass is 435 g/mol. The van der Waals surface area contributed by atoms with Crippen LogP contribution >= 0.6 is 0 Å². The van der Waals surface area contributed by atoms with E-state index >= 15 is 0 Å². The molecule has 4 rings (SSSR count). The molecule has 168 valence electrons. The molecule has 2 heterocycles. The van der Waals surface area contributed by atoms with Crippen LogP contribution in [0.25, 0.3) is 6.08 Å². The highest BCUT2D eigenvalue weighted by Gasteiger charge is 2.43. The number of carbonyl (C=O) groups is 2. The molecule has 0 N–H and O–H groups in total. The van der Waals surface area contributed by atoms with Crippen LogP contribution in [0.2, 0.25) is 0 Å². The lowest BCUT2D eigenvalue weighted by Gasteiger charge is -2.44. The number of piperidine rings is 1. The Kier molecular flexibility index (Phi) is 5.96. The van der Waals surface area contributed by atoms with E-state index in [4.69, 9.17) is 14.2 Å². The zero-order valence-corrected chi connectivity index (χ0v) is 19.1. The molecule has 2 aromatic rings. The standard InChI is InChI=1S/C26H29NO5/c1-17-13-21-22(28)16-26(32-24(21)14-18(17)2)9-11-27(12-10-26)25(29)8-6-19-5-7-20(30-3)15-23(19)31-4/h5-8,13-15H,9-12,16H2,1-4H3/b8-6+. The summed E-state index contributed by atoms with van der Waals surface area (Å²) >= 11 is 0. The number of Topliss-reactive ketones (excluding diaryl/α,β-unsaturated/α-hetero) is 1. The summed E-state index contributed by atoms with van der Waals surface area (Å²) in [5, 5.41) is 0. The maximum Gasteiger partial charge on any atom is 0.246 e. The predicted octanol–water partition coefficient (Wildman–Crippen LogP) is 4.36. The average molecular weight is 436 g/mol. The minimum atomic E-state index is -0.522. The number of nitrogens with zero attached hydrogens (tertiary/aromatic N) is 1. The Morgan fingerprint density at radius 1 is 1.06 bits per heavy atom. The van der Waals surface area contributed by atoms with Gasteiger partial charge in [-0.05, 0) is 55.3 Å². The largest absolute Gasteiger partial charge is 0.497 e. The molecule has 0 radical (unpaired) electrons. The highest BCUT2D eigenvalue weighted by Crippen LogP contribution is 2.40. The van der Waals surface area contributed by atoms with Gasteiger partial charge in [0.05, 0.1) is 26.2 Å². The topological polar surface area (TPSA) is 65.1 Å². The van der Waals surface area contributed by atoms with Gasteiger partial charge < -0.3 is 19.1 Å². The first-order valence-corrected chi connectivity index (χ1v) is 10.9. The number of aryl methyl sites for hydroxylation is 2. The molecular weight excluding hydrogens is 406 g/mol. The van der Waals surface area contributed by atoms with Gasteiger partial charge in [0, 0.05) is 43.6 Å². The van der Waals surface area contributed by atoms with Crippen LogP contribution in [0.15, 0.2) is 36.4 Å². The van der Waals surface area contributed by atoms with Gasteiger partial charge in [0.15, 0.2) is 5.78 Å². The summed E-state index contributed by atoms with van der Waals surface area (Å²) in [7, 11) is 3.19. The fourth-order valence-corrected chi connectivity index (χ4v) is 4.39. The van der Waals surface area contributed by atoms with Gasteiger partial charge in [-0.25, -0.2) is 0 Å². The van der Waals surface area contributed by atoms with Gasteiger partial charge >= 0.3 is 0 Å². The first-order valence-electron chi connectivity index (χ1n) is 10.9. The van der Waals surface area contributed by atoms with Gasteiger partial charge in [-0.3, -0.25) is 9.59 Å². The van der Waals surface area contributed by atoms with E-state index in [1.165, 1.54) is 0 Å². The van der Waals surface area contributed by atoms with Crippen molar-refractivity contribution in [3.63, 3.8) is 0 Å². The van der Waals surface area contributed by atoms with Crippen molar-refractivity contribution in [1.29, 1.82) is 0 Å². The molecule has 2 aromatic carbocycles. The number of carbonyl (C=O) groups excluding carboxylic acids is 2. The Balaban J connectivity index is 1.42. The van der Waals surface area contributed by atoms with Crippen LogP contribution in [0.3, 0.4) is 0 Å². The first-order chi connectivity index (χ1) is 15.3. The third-order valence-corrected chi connectivity index (χ3v) is 6.54. The molecule has 0 bridgehead atoms. The summed E-state index contributed by atoms with van der Waals surface area (Å²) in [6.45, 7) is 5.13. The molecule has 1 spiro atoms. The summed E-state index contributed by atoms with van der Waals surface area (Å²) in [5.41, 5.74) is 3.16. The number of methoxy groups -OCH3 is 2. The van der Waals surface area contributed by atoms with Gasteiger partial charge in [0.25, 0.3) is 0 Å². The Labute approximate surface area is 188 Å². The SMILES string of the molecule is COc1ccc(/C=C/C(=O)N2CCC3(CC2)CC(=O)c2cc(C)c(C)cc2O3)c(OC)c1. The van der Waals surface area contributed by atoms with Crippen molar-refractivity contribution in [2.75, 3.05) is 27.3 Å². The van der Waals surface area contributed by atoms with E-state index in [1.54, 1.807) is 32.4 Å². The quantitative estimate of drug-likeness (QED) is 0.668. The smallest absolute Gasteiger partial charge is 0.246 e. The van der Waals surface area contributed by atoms with E-state index in [0.29, 0.717) is 55.2 Å². The predicted molar refractivity (Wildman–Crippen MR) is 123 cm³/mol. The minimum Gasteiger partial charge on any atom is -0.497 e. The lowest BCUT2D eigenvalue weighted by atomic mass is 9.82. The second kappa shape index (κ2) is 8.69. The number of hydrogen-bond donors (Lipinski definition) is 0. The molecule has 1 fully saturated rings. The maximum absolute atomic E-state index is 12.8. The molecular formula is C26H29NO5. The van der Waals surface area contributed by atoms with E-state index in [2.05, 4.69) is 0 Å². The Hall–Kier alpha value is -3.28.